The van der Waals surface area contributed by atoms with Crippen LogP contribution in [0.25, 0.3) is 0 Å². The molecule has 0 aliphatic heterocycles. The molecule has 0 aliphatic carbocycles. The molecule has 20 heavy (non-hydrogen) atoms. The number of hydrogen-bond donors (Lipinski definition) is 2. The van der Waals surface area contributed by atoms with Crippen LogP contribution in [-0.2, 0) is 5.54 Å². The second-order valence-electron chi connectivity index (χ2n) is 5.13. The molecule has 1 atom stereocenters. The number of aliphatic hydroxyl groups is 1. The zero-order valence-corrected chi connectivity index (χ0v) is 12.1. The molecule has 0 spiro atoms. The second-order valence-corrected chi connectivity index (χ2v) is 5.13. The van der Waals surface area contributed by atoms with Crippen molar-refractivity contribution in [2.24, 2.45) is 0 Å². The van der Waals surface area contributed by atoms with Gasteiger partial charge in [-0.1, -0.05) is 12.1 Å². The Hall–Kier alpha value is -1.24. The molecule has 1 aromatic rings. The van der Waals surface area contributed by atoms with Crippen LogP contribution in [0.5, 0.6) is 5.75 Å². The van der Waals surface area contributed by atoms with E-state index in [-0.39, 0.29) is 12.4 Å². The third-order valence-electron chi connectivity index (χ3n) is 3.09. The fourth-order valence-electron chi connectivity index (χ4n) is 1.82. The maximum absolute atomic E-state index is 12.2. The van der Waals surface area contributed by atoms with Crippen LogP contribution in [0.2, 0.25) is 0 Å². The van der Waals surface area contributed by atoms with Gasteiger partial charge in [-0.15, -0.1) is 0 Å². The summed E-state index contributed by atoms with van der Waals surface area (Å²) < 4.78 is 28.8. The van der Waals surface area contributed by atoms with Crippen LogP contribution in [0.4, 0.5) is 8.78 Å². The molecule has 6 heteroatoms. The number of likely N-dealkylation sites (N-methyl/N-ethyl adjacent to an activating group) is 1. The highest BCUT2D eigenvalue weighted by Gasteiger charge is 2.25. The summed E-state index contributed by atoms with van der Waals surface area (Å²) in [5.74, 6) is 0.0894. The Morgan fingerprint density at radius 1 is 1.40 bits per heavy atom. The van der Waals surface area contributed by atoms with Crippen molar-refractivity contribution in [2.75, 3.05) is 33.8 Å². The summed E-state index contributed by atoms with van der Waals surface area (Å²) >= 11 is 0. The molecule has 0 saturated carbocycles. The monoisotopic (exact) mass is 288 g/mol. The van der Waals surface area contributed by atoms with Crippen molar-refractivity contribution in [3.63, 3.8) is 0 Å². The SMILES string of the molecule is CN(C)CCNC(C)(CO)c1cccc(OC(F)F)c1. The molecule has 0 amide bonds. The molecule has 2 N–H and O–H groups in total. The van der Waals surface area contributed by atoms with E-state index in [1.807, 2.05) is 25.9 Å². The summed E-state index contributed by atoms with van der Waals surface area (Å²) in [6.07, 6.45) is 0. The summed E-state index contributed by atoms with van der Waals surface area (Å²) in [5.41, 5.74) is 0.00855. The summed E-state index contributed by atoms with van der Waals surface area (Å²) in [6.45, 7) is 0.308. The van der Waals surface area contributed by atoms with E-state index in [9.17, 15) is 13.9 Å². The Labute approximate surface area is 118 Å². The minimum absolute atomic E-state index is 0.0894. The lowest BCUT2D eigenvalue weighted by molar-refractivity contribution is -0.0499. The topological polar surface area (TPSA) is 44.7 Å². The van der Waals surface area contributed by atoms with Crippen LogP contribution >= 0.6 is 0 Å². The van der Waals surface area contributed by atoms with E-state index in [1.165, 1.54) is 12.1 Å². The number of nitrogens with zero attached hydrogens (tertiary/aromatic N) is 1. The first-order chi connectivity index (χ1) is 9.37. The maximum atomic E-state index is 12.2. The van der Waals surface area contributed by atoms with Gasteiger partial charge >= 0.3 is 6.61 Å². The quantitative estimate of drug-likeness (QED) is 0.763. The van der Waals surface area contributed by atoms with Gasteiger partial charge in [0.1, 0.15) is 5.75 Å². The Bertz CT molecular complexity index is 416. The van der Waals surface area contributed by atoms with Gasteiger partial charge in [-0.2, -0.15) is 8.78 Å². The van der Waals surface area contributed by atoms with E-state index in [1.54, 1.807) is 12.1 Å². The van der Waals surface area contributed by atoms with Crippen molar-refractivity contribution in [3.8, 4) is 5.75 Å². The molecule has 4 nitrogen and oxygen atoms in total. The molecule has 0 fully saturated rings. The molecular weight excluding hydrogens is 266 g/mol. The molecule has 0 aromatic heterocycles. The number of aliphatic hydroxyl groups excluding tert-OH is 1. The van der Waals surface area contributed by atoms with Gasteiger partial charge in [0.15, 0.2) is 0 Å². The molecule has 1 aromatic carbocycles. The fraction of sp³-hybridized carbons (Fsp3) is 0.571. The first-order valence-corrected chi connectivity index (χ1v) is 6.43. The molecule has 0 saturated heterocycles. The van der Waals surface area contributed by atoms with Crippen LogP contribution in [0, 0.1) is 0 Å². The van der Waals surface area contributed by atoms with Crippen molar-refractivity contribution in [1.29, 1.82) is 0 Å². The number of halogens is 2. The van der Waals surface area contributed by atoms with Gasteiger partial charge in [0.05, 0.1) is 12.1 Å². The first-order valence-electron chi connectivity index (χ1n) is 6.43. The van der Waals surface area contributed by atoms with Crippen molar-refractivity contribution < 1.29 is 18.6 Å². The number of hydrogen-bond acceptors (Lipinski definition) is 4. The Morgan fingerprint density at radius 2 is 2.10 bits per heavy atom. The normalized spacial score (nSPS) is 14.6. The Balaban J connectivity index is 2.81. The lowest BCUT2D eigenvalue weighted by atomic mass is 9.92. The summed E-state index contributed by atoms with van der Waals surface area (Å²) in [4.78, 5) is 2.02. The van der Waals surface area contributed by atoms with Crippen LogP contribution < -0.4 is 10.1 Å². The van der Waals surface area contributed by atoms with E-state index in [4.69, 9.17) is 0 Å². The smallest absolute Gasteiger partial charge is 0.387 e. The Morgan fingerprint density at radius 3 is 2.65 bits per heavy atom. The van der Waals surface area contributed by atoms with Gasteiger partial charge in [0, 0.05) is 13.1 Å². The number of benzene rings is 1. The predicted octanol–water partition coefficient (Wildman–Crippen LogP) is 1.65. The van der Waals surface area contributed by atoms with Crippen molar-refractivity contribution in [2.45, 2.75) is 19.1 Å². The largest absolute Gasteiger partial charge is 0.435 e. The highest BCUT2D eigenvalue weighted by Crippen LogP contribution is 2.25. The van der Waals surface area contributed by atoms with Crippen molar-refractivity contribution >= 4 is 0 Å². The first kappa shape index (κ1) is 16.8. The van der Waals surface area contributed by atoms with Crippen LogP contribution in [0.3, 0.4) is 0 Å². The van der Waals surface area contributed by atoms with Gasteiger partial charge in [-0.3, -0.25) is 0 Å². The van der Waals surface area contributed by atoms with E-state index >= 15 is 0 Å². The lowest BCUT2D eigenvalue weighted by Gasteiger charge is -2.30. The molecular formula is C14H22F2N2O2. The molecule has 0 heterocycles. The third kappa shape index (κ3) is 5.03. The molecule has 0 bridgehead atoms. The van der Waals surface area contributed by atoms with E-state index in [2.05, 4.69) is 10.1 Å². The minimum Gasteiger partial charge on any atom is -0.435 e. The molecule has 1 unspecified atom stereocenters. The van der Waals surface area contributed by atoms with Gasteiger partial charge in [0.2, 0.25) is 0 Å². The summed E-state index contributed by atoms with van der Waals surface area (Å²) in [6, 6.07) is 6.39. The van der Waals surface area contributed by atoms with Crippen LogP contribution in [0.15, 0.2) is 24.3 Å². The number of alkyl halides is 2. The molecule has 0 radical (unpaired) electrons. The zero-order chi connectivity index (χ0) is 15.2. The number of nitrogens with one attached hydrogen (secondary N) is 1. The van der Waals surface area contributed by atoms with Crippen LogP contribution in [0.1, 0.15) is 12.5 Å². The molecule has 0 aliphatic rings. The van der Waals surface area contributed by atoms with E-state index < -0.39 is 12.2 Å². The average Bonchev–Trinajstić information content (AvgIpc) is 2.37. The van der Waals surface area contributed by atoms with Crippen molar-refractivity contribution in [3.05, 3.63) is 29.8 Å². The number of rotatable bonds is 8. The van der Waals surface area contributed by atoms with Gasteiger partial charge in [-0.05, 0) is 38.7 Å². The fourth-order valence-corrected chi connectivity index (χ4v) is 1.82. The zero-order valence-electron chi connectivity index (χ0n) is 12.1. The predicted molar refractivity (Wildman–Crippen MR) is 74.1 cm³/mol. The van der Waals surface area contributed by atoms with E-state index in [0.717, 1.165) is 6.54 Å². The van der Waals surface area contributed by atoms with Gasteiger partial charge < -0.3 is 20.1 Å². The maximum Gasteiger partial charge on any atom is 0.387 e. The average molecular weight is 288 g/mol. The minimum atomic E-state index is -2.85. The highest BCUT2D eigenvalue weighted by atomic mass is 19.3. The summed E-state index contributed by atoms with van der Waals surface area (Å²) in [5, 5.41) is 12.9. The lowest BCUT2D eigenvalue weighted by Crippen LogP contribution is -2.45. The third-order valence-corrected chi connectivity index (χ3v) is 3.09. The molecule has 114 valence electrons. The Kier molecular flexibility index (Phi) is 6.32. The highest BCUT2D eigenvalue weighted by molar-refractivity contribution is 5.33. The second kappa shape index (κ2) is 7.52. The van der Waals surface area contributed by atoms with Crippen molar-refractivity contribution in [1.82, 2.24) is 10.2 Å². The van der Waals surface area contributed by atoms with E-state index in [0.29, 0.717) is 12.1 Å². The van der Waals surface area contributed by atoms with Gasteiger partial charge in [0.25, 0.3) is 0 Å². The summed E-state index contributed by atoms with van der Waals surface area (Å²) in [7, 11) is 3.91. The number of ether oxygens (including phenoxy) is 1. The van der Waals surface area contributed by atoms with Gasteiger partial charge in [-0.25, -0.2) is 0 Å². The molecule has 1 rings (SSSR count). The van der Waals surface area contributed by atoms with Crippen LogP contribution in [-0.4, -0.2) is 50.4 Å². The standard InChI is InChI=1S/C14H22F2N2O2/c1-14(10-19,17-7-8-18(2)3)11-5-4-6-12(9-11)20-13(15)16/h4-6,9,13,17,19H,7-8,10H2,1-3H3.